The molecule has 2 rings (SSSR count). The Bertz CT molecular complexity index is 413. The third-order valence-electron chi connectivity index (χ3n) is 3.60. The van der Waals surface area contributed by atoms with Gasteiger partial charge in [0.25, 0.3) is 0 Å². The van der Waals surface area contributed by atoms with Crippen LogP contribution in [0.25, 0.3) is 0 Å². The maximum atomic E-state index is 11.8. The first-order valence-corrected chi connectivity index (χ1v) is 6.73. The lowest BCUT2D eigenvalue weighted by molar-refractivity contribution is -0.115. The van der Waals surface area contributed by atoms with E-state index in [9.17, 15) is 4.79 Å². The van der Waals surface area contributed by atoms with Crippen molar-refractivity contribution in [3.8, 4) is 0 Å². The fourth-order valence-corrected chi connectivity index (χ4v) is 2.15. The average molecular weight is 246 g/mol. The second-order valence-electron chi connectivity index (χ2n) is 5.31. The van der Waals surface area contributed by atoms with Crippen molar-refractivity contribution in [2.24, 2.45) is 11.8 Å². The molecule has 1 unspecified atom stereocenters. The number of hydrogen-bond acceptors (Lipinski definition) is 2. The molecule has 3 nitrogen and oxygen atoms in total. The molecule has 1 fully saturated rings. The average Bonchev–Trinajstić information content (AvgIpc) is 3.16. The number of amides is 1. The monoisotopic (exact) mass is 246 g/mol. The van der Waals surface area contributed by atoms with Crippen molar-refractivity contribution in [3.05, 3.63) is 29.8 Å². The zero-order valence-corrected chi connectivity index (χ0v) is 11.2. The molecule has 0 aromatic heterocycles. The largest absolute Gasteiger partial charge is 0.325 e. The first-order valence-electron chi connectivity index (χ1n) is 6.73. The molecule has 1 aliphatic carbocycles. The number of anilines is 1. The fourth-order valence-electron chi connectivity index (χ4n) is 2.15. The summed E-state index contributed by atoms with van der Waals surface area (Å²) in [6.07, 6.45) is 2.72. The van der Waals surface area contributed by atoms with Crippen LogP contribution < -0.4 is 10.6 Å². The summed E-state index contributed by atoms with van der Waals surface area (Å²) in [6, 6.07) is 7.84. The molecule has 18 heavy (non-hydrogen) atoms. The molecule has 1 aliphatic rings. The number of nitrogens with one attached hydrogen (secondary N) is 2. The predicted octanol–water partition coefficient (Wildman–Crippen LogP) is 2.57. The predicted molar refractivity (Wildman–Crippen MR) is 74.6 cm³/mol. The van der Waals surface area contributed by atoms with E-state index < -0.39 is 0 Å². The summed E-state index contributed by atoms with van der Waals surface area (Å²) >= 11 is 0. The summed E-state index contributed by atoms with van der Waals surface area (Å²) in [5, 5.41) is 6.16. The molecular formula is C15H22N2O. The maximum Gasteiger partial charge on any atom is 0.238 e. The number of carbonyl (C=O) groups is 1. The van der Waals surface area contributed by atoms with E-state index >= 15 is 0 Å². The Morgan fingerprint density at radius 2 is 2.11 bits per heavy atom. The van der Waals surface area contributed by atoms with E-state index in [1.165, 1.54) is 12.8 Å². The number of aryl methyl sites for hydroxylation is 1. The number of rotatable bonds is 6. The molecular weight excluding hydrogens is 224 g/mol. The van der Waals surface area contributed by atoms with Crippen LogP contribution in [0.4, 0.5) is 5.69 Å². The van der Waals surface area contributed by atoms with Gasteiger partial charge in [0.1, 0.15) is 0 Å². The van der Waals surface area contributed by atoms with Crippen molar-refractivity contribution in [2.45, 2.75) is 26.7 Å². The van der Waals surface area contributed by atoms with Crippen LogP contribution in [0.2, 0.25) is 0 Å². The van der Waals surface area contributed by atoms with E-state index in [1.807, 2.05) is 31.2 Å². The van der Waals surface area contributed by atoms with Gasteiger partial charge >= 0.3 is 0 Å². The zero-order valence-electron chi connectivity index (χ0n) is 11.2. The standard InChI is InChI=1S/C15H22N2O/c1-11-5-3-4-6-14(11)17-15(18)10-16-9-12(2)13-7-8-13/h3-6,12-13,16H,7-10H2,1-2H3,(H,17,18). The van der Waals surface area contributed by atoms with Crippen LogP contribution in [0.15, 0.2) is 24.3 Å². The van der Waals surface area contributed by atoms with Gasteiger partial charge in [-0.25, -0.2) is 0 Å². The first-order chi connectivity index (χ1) is 8.66. The normalized spacial score (nSPS) is 16.3. The Morgan fingerprint density at radius 1 is 1.39 bits per heavy atom. The molecule has 0 radical (unpaired) electrons. The van der Waals surface area contributed by atoms with Crippen LogP contribution in [0.3, 0.4) is 0 Å². The SMILES string of the molecule is Cc1ccccc1NC(=O)CNCC(C)C1CC1. The highest BCUT2D eigenvalue weighted by Gasteiger charge is 2.27. The molecule has 0 aliphatic heterocycles. The molecule has 1 saturated carbocycles. The quantitative estimate of drug-likeness (QED) is 0.810. The molecule has 0 saturated heterocycles. The van der Waals surface area contributed by atoms with Gasteiger partial charge in [-0.15, -0.1) is 0 Å². The molecule has 0 spiro atoms. The van der Waals surface area contributed by atoms with E-state index in [4.69, 9.17) is 0 Å². The summed E-state index contributed by atoms with van der Waals surface area (Å²) in [6.45, 7) is 5.58. The third kappa shape index (κ3) is 3.84. The van der Waals surface area contributed by atoms with Gasteiger partial charge < -0.3 is 10.6 Å². The van der Waals surface area contributed by atoms with Gasteiger partial charge in [0.05, 0.1) is 6.54 Å². The second kappa shape index (κ2) is 6.01. The Balaban J connectivity index is 1.70. The first kappa shape index (κ1) is 13.1. The lowest BCUT2D eigenvalue weighted by atomic mass is 10.1. The van der Waals surface area contributed by atoms with Crippen LogP contribution in [0.1, 0.15) is 25.3 Å². The highest BCUT2D eigenvalue weighted by molar-refractivity contribution is 5.92. The summed E-state index contributed by atoms with van der Waals surface area (Å²) in [5.41, 5.74) is 2.00. The molecule has 1 aromatic carbocycles. The summed E-state index contributed by atoms with van der Waals surface area (Å²) in [5.74, 6) is 1.61. The van der Waals surface area contributed by atoms with Crippen molar-refractivity contribution in [1.82, 2.24) is 5.32 Å². The molecule has 98 valence electrons. The van der Waals surface area contributed by atoms with Gasteiger partial charge in [-0.05, 0) is 49.8 Å². The van der Waals surface area contributed by atoms with Gasteiger partial charge in [-0.3, -0.25) is 4.79 Å². The highest BCUT2D eigenvalue weighted by Crippen LogP contribution is 2.35. The highest BCUT2D eigenvalue weighted by atomic mass is 16.1. The minimum Gasteiger partial charge on any atom is -0.325 e. The molecule has 1 aromatic rings. The minimum atomic E-state index is 0.0345. The molecule has 3 heteroatoms. The minimum absolute atomic E-state index is 0.0345. The van der Waals surface area contributed by atoms with Crippen LogP contribution in [0, 0.1) is 18.8 Å². The van der Waals surface area contributed by atoms with E-state index in [0.29, 0.717) is 12.5 Å². The van der Waals surface area contributed by atoms with E-state index in [1.54, 1.807) is 0 Å². The van der Waals surface area contributed by atoms with Crippen LogP contribution in [-0.2, 0) is 4.79 Å². The van der Waals surface area contributed by atoms with E-state index in [2.05, 4.69) is 17.6 Å². The molecule has 1 atom stereocenters. The van der Waals surface area contributed by atoms with Crippen LogP contribution >= 0.6 is 0 Å². The number of para-hydroxylation sites is 1. The number of carbonyl (C=O) groups excluding carboxylic acids is 1. The van der Waals surface area contributed by atoms with Crippen molar-refractivity contribution in [1.29, 1.82) is 0 Å². The van der Waals surface area contributed by atoms with Crippen molar-refractivity contribution >= 4 is 11.6 Å². The second-order valence-corrected chi connectivity index (χ2v) is 5.31. The van der Waals surface area contributed by atoms with Gasteiger partial charge in [0.2, 0.25) is 5.91 Å². The topological polar surface area (TPSA) is 41.1 Å². The van der Waals surface area contributed by atoms with Gasteiger partial charge in [-0.2, -0.15) is 0 Å². The summed E-state index contributed by atoms with van der Waals surface area (Å²) < 4.78 is 0. The number of hydrogen-bond donors (Lipinski definition) is 2. The van der Waals surface area contributed by atoms with E-state index in [-0.39, 0.29) is 5.91 Å². The van der Waals surface area contributed by atoms with Crippen molar-refractivity contribution < 1.29 is 4.79 Å². The Morgan fingerprint density at radius 3 is 2.78 bits per heavy atom. The van der Waals surface area contributed by atoms with Crippen LogP contribution in [-0.4, -0.2) is 19.0 Å². The maximum absolute atomic E-state index is 11.8. The van der Waals surface area contributed by atoms with Gasteiger partial charge in [-0.1, -0.05) is 25.1 Å². The van der Waals surface area contributed by atoms with Gasteiger partial charge in [0, 0.05) is 5.69 Å². The number of benzene rings is 1. The lowest BCUT2D eigenvalue weighted by Gasteiger charge is -2.12. The molecule has 0 bridgehead atoms. The van der Waals surface area contributed by atoms with Gasteiger partial charge in [0.15, 0.2) is 0 Å². The van der Waals surface area contributed by atoms with Crippen LogP contribution in [0.5, 0.6) is 0 Å². The molecule has 2 N–H and O–H groups in total. The Kier molecular flexibility index (Phi) is 4.37. The lowest BCUT2D eigenvalue weighted by Crippen LogP contribution is -2.31. The van der Waals surface area contributed by atoms with Crippen molar-refractivity contribution in [2.75, 3.05) is 18.4 Å². The summed E-state index contributed by atoms with van der Waals surface area (Å²) in [4.78, 5) is 11.8. The fraction of sp³-hybridized carbons (Fsp3) is 0.533. The summed E-state index contributed by atoms with van der Waals surface area (Å²) in [7, 11) is 0. The Hall–Kier alpha value is -1.35. The molecule has 0 heterocycles. The third-order valence-corrected chi connectivity index (χ3v) is 3.60. The zero-order chi connectivity index (χ0) is 13.0. The van der Waals surface area contributed by atoms with E-state index in [0.717, 1.165) is 23.7 Å². The Labute approximate surface area is 109 Å². The smallest absolute Gasteiger partial charge is 0.238 e. The molecule has 1 amide bonds. The van der Waals surface area contributed by atoms with Crippen molar-refractivity contribution in [3.63, 3.8) is 0 Å².